The van der Waals surface area contributed by atoms with Crippen LogP contribution in [0.3, 0.4) is 0 Å². The van der Waals surface area contributed by atoms with Crippen molar-refractivity contribution in [2.75, 3.05) is 13.7 Å². The van der Waals surface area contributed by atoms with Gasteiger partial charge in [-0.05, 0) is 48.2 Å². The van der Waals surface area contributed by atoms with Crippen LogP contribution in [0.15, 0.2) is 65.3 Å². The van der Waals surface area contributed by atoms with E-state index in [4.69, 9.17) is 9.15 Å². The molecule has 4 rings (SSSR count). The highest BCUT2D eigenvalue weighted by atomic mass is 16.5. The number of furan rings is 1. The molecular weight excluding hydrogens is 392 g/mol. The number of benzene rings is 2. The summed E-state index contributed by atoms with van der Waals surface area (Å²) in [5.41, 5.74) is 4.32. The van der Waals surface area contributed by atoms with Crippen LogP contribution in [0.2, 0.25) is 0 Å². The molecule has 2 amide bonds. The molecule has 0 fully saturated rings. The molecule has 0 radical (unpaired) electrons. The Labute approximate surface area is 181 Å². The average molecular weight is 418 g/mol. The molecule has 0 saturated heterocycles. The summed E-state index contributed by atoms with van der Waals surface area (Å²) in [5.74, 6) is 0.601. The minimum atomic E-state index is -0.591. The van der Waals surface area contributed by atoms with E-state index >= 15 is 0 Å². The second-order valence-corrected chi connectivity index (χ2v) is 7.76. The zero-order valence-corrected chi connectivity index (χ0v) is 17.8. The summed E-state index contributed by atoms with van der Waals surface area (Å²) < 4.78 is 10.7. The Morgan fingerprint density at radius 3 is 2.68 bits per heavy atom. The second kappa shape index (κ2) is 9.08. The summed E-state index contributed by atoms with van der Waals surface area (Å²) in [6.07, 6.45) is 2.59. The molecule has 1 atom stereocenters. The van der Waals surface area contributed by atoms with Gasteiger partial charge in [0.15, 0.2) is 5.76 Å². The molecule has 31 heavy (non-hydrogen) atoms. The van der Waals surface area contributed by atoms with Crippen molar-refractivity contribution in [1.82, 2.24) is 10.2 Å². The maximum atomic E-state index is 13.1. The van der Waals surface area contributed by atoms with Gasteiger partial charge < -0.3 is 19.4 Å². The molecular formula is C25H26N2O4. The maximum Gasteiger partial charge on any atom is 0.290 e. The van der Waals surface area contributed by atoms with Crippen LogP contribution in [0.1, 0.15) is 32.8 Å². The van der Waals surface area contributed by atoms with Crippen molar-refractivity contribution in [3.63, 3.8) is 0 Å². The normalized spacial score (nSPS) is 15.3. The molecule has 0 spiro atoms. The van der Waals surface area contributed by atoms with E-state index in [9.17, 15) is 9.59 Å². The van der Waals surface area contributed by atoms with Gasteiger partial charge >= 0.3 is 0 Å². The van der Waals surface area contributed by atoms with Crippen LogP contribution in [0.5, 0.6) is 5.75 Å². The number of nitrogens with one attached hydrogen (secondary N) is 1. The summed E-state index contributed by atoms with van der Waals surface area (Å²) in [5, 5.41) is 3.01. The molecule has 1 aliphatic rings. The van der Waals surface area contributed by atoms with Crippen LogP contribution in [0, 0.1) is 6.92 Å². The number of rotatable bonds is 6. The lowest BCUT2D eigenvalue weighted by atomic mass is 9.93. The molecule has 2 heterocycles. The van der Waals surface area contributed by atoms with Crippen molar-refractivity contribution in [2.24, 2.45) is 0 Å². The molecule has 1 unspecified atom stereocenters. The van der Waals surface area contributed by atoms with E-state index in [-0.39, 0.29) is 17.6 Å². The molecule has 3 aromatic rings. The van der Waals surface area contributed by atoms with Gasteiger partial charge in [0, 0.05) is 19.5 Å². The number of hydrogen-bond acceptors (Lipinski definition) is 4. The molecule has 2 aromatic carbocycles. The third kappa shape index (κ3) is 4.48. The summed E-state index contributed by atoms with van der Waals surface area (Å²) >= 11 is 0. The standard InChI is InChI=1S/C25H26N2O4/c1-17-9-10-22(30-2)19(14-17)11-12-26-24(28)21-15-18-6-3-4-7-20(18)16-27(21)25(29)23-8-5-13-31-23/h3-10,13-14,21H,11-12,15-16H2,1-2H3,(H,26,28). The van der Waals surface area contributed by atoms with Gasteiger partial charge in [0.2, 0.25) is 5.91 Å². The zero-order chi connectivity index (χ0) is 21.8. The van der Waals surface area contributed by atoms with E-state index in [0.717, 1.165) is 28.0 Å². The first-order chi connectivity index (χ1) is 15.1. The first-order valence-electron chi connectivity index (χ1n) is 10.4. The lowest BCUT2D eigenvalue weighted by molar-refractivity contribution is -0.126. The van der Waals surface area contributed by atoms with Crippen LogP contribution in [-0.4, -0.2) is 36.4 Å². The predicted octanol–water partition coefficient (Wildman–Crippen LogP) is 3.52. The smallest absolute Gasteiger partial charge is 0.290 e. The first kappa shape index (κ1) is 20.7. The number of ether oxygens (including phenoxy) is 1. The molecule has 0 saturated carbocycles. The Morgan fingerprint density at radius 1 is 1.13 bits per heavy atom. The topological polar surface area (TPSA) is 71.8 Å². The highest BCUT2D eigenvalue weighted by molar-refractivity contribution is 5.96. The van der Waals surface area contributed by atoms with Crippen molar-refractivity contribution in [3.8, 4) is 5.75 Å². The Hall–Kier alpha value is -3.54. The Bertz CT molecular complexity index is 1070. The number of carbonyl (C=O) groups is 2. The van der Waals surface area contributed by atoms with Gasteiger partial charge in [0.25, 0.3) is 5.91 Å². The third-order valence-corrected chi connectivity index (χ3v) is 5.67. The number of methoxy groups -OCH3 is 1. The maximum absolute atomic E-state index is 13.1. The van der Waals surface area contributed by atoms with Gasteiger partial charge in [0.1, 0.15) is 11.8 Å². The fourth-order valence-electron chi connectivity index (χ4n) is 4.05. The monoisotopic (exact) mass is 418 g/mol. The fraction of sp³-hybridized carbons (Fsp3) is 0.280. The predicted molar refractivity (Wildman–Crippen MR) is 117 cm³/mol. The van der Waals surface area contributed by atoms with Crippen LogP contribution in [0.25, 0.3) is 0 Å². The average Bonchev–Trinajstić information content (AvgIpc) is 3.33. The van der Waals surface area contributed by atoms with Crippen molar-refractivity contribution >= 4 is 11.8 Å². The zero-order valence-electron chi connectivity index (χ0n) is 17.8. The number of amides is 2. The number of nitrogens with zero attached hydrogens (tertiary/aromatic N) is 1. The van der Waals surface area contributed by atoms with Gasteiger partial charge in [-0.2, -0.15) is 0 Å². The van der Waals surface area contributed by atoms with E-state index in [1.807, 2.05) is 43.3 Å². The quantitative estimate of drug-likeness (QED) is 0.665. The lowest BCUT2D eigenvalue weighted by Gasteiger charge is -2.35. The van der Waals surface area contributed by atoms with Gasteiger partial charge in [-0.15, -0.1) is 0 Å². The molecule has 1 aliphatic heterocycles. The Morgan fingerprint density at radius 2 is 1.94 bits per heavy atom. The largest absolute Gasteiger partial charge is 0.496 e. The summed E-state index contributed by atoms with van der Waals surface area (Å²) in [7, 11) is 1.64. The van der Waals surface area contributed by atoms with E-state index in [1.54, 1.807) is 24.1 Å². The van der Waals surface area contributed by atoms with E-state index in [0.29, 0.717) is 25.9 Å². The van der Waals surface area contributed by atoms with Crippen LogP contribution < -0.4 is 10.1 Å². The second-order valence-electron chi connectivity index (χ2n) is 7.76. The van der Waals surface area contributed by atoms with Crippen molar-refractivity contribution in [3.05, 3.63) is 88.9 Å². The minimum absolute atomic E-state index is 0.166. The lowest BCUT2D eigenvalue weighted by Crippen LogP contribution is -2.52. The number of carbonyl (C=O) groups excluding carboxylic acids is 2. The Balaban J connectivity index is 1.49. The highest BCUT2D eigenvalue weighted by Gasteiger charge is 2.35. The summed E-state index contributed by atoms with van der Waals surface area (Å²) in [4.78, 5) is 27.8. The summed E-state index contributed by atoms with van der Waals surface area (Å²) in [6, 6.07) is 16.6. The molecule has 6 nitrogen and oxygen atoms in total. The molecule has 0 aliphatic carbocycles. The van der Waals surface area contributed by atoms with E-state index in [2.05, 4.69) is 11.4 Å². The molecule has 1 N–H and O–H groups in total. The van der Waals surface area contributed by atoms with E-state index < -0.39 is 6.04 Å². The van der Waals surface area contributed by atoms with Gasteiger partial charge in [-0.3, -0.25) is 9.59 Å². The van der Waals surface area contributed by atoms with Gasteiger partial charge in [0.05, 0.1) is 13.4 Å². The van der Waals surface area contributed by atoms with Gasteiger partial charge in [-0.1, -0.05) is 42.0 Å². The SMILES string of the molecule is COc1ccc(C)cc1CCNC(=O)C1Cc2ccccc2CN1C(=O)c1ccco1. The highest BCUT2D eigenvalue weighted by Crippen LogP contribution is 2.25. The number of aryl methyl sites for hydroxylation is 1. The fourth-order valence-corrected chi connectivity index (χ4v) is 4.05. The van der Waals surface area contributed by atoms with Crippen molar-refractivity contribution < 1.29 is 18.7 Å². The molecule has 1 aromatic heterocycles. The van der Waals surface area contributed by atoms with Crippen molar-refractivity contribution in [2.45, 2.75) is 32.4 Å². The Kier molecular flexibility index (Phi) is 6.07. The molecule has 6 heteroatoms. The number of fused-ring (bicyclic) bond motifs is 1. The van der Waals surface area contributed by atoms with Crippen LogP contribution in [-0.2, 0) is 24.2 Å². The third-order valence-electron chi connectivity index (χ3n) is 5.67. The van der Waals surface area contributed by atoms with E-state index in [1.165, 1.54) is 6.26 Å². The summed E-state index contributed by atoms with van der Waals surface area (Å²) in [6.45, 7) is 2.86. The minimum Gasteiger partial charge on any atom is -0.496 e. The molecule has 0 bridgehead atoms. The van der Waals surface area contributed by atoms with Crippen LogP contribution in [0.4, 0.5) is 0 Å². The van der Waals surface area contributed by atoms with Crippen LogP contribution >= 0.6 is 0 Å². The first-order valence-corrected chi connectivity index (χ1v) is 10.4. The van der Waals surface area contributed by atoms with Gasteiger partial charge in [-0.25, -0.2) is 0 Å². The number of hydrogen-bond donors (Lipinski definition) is 1. The molecule has 160 valence electrons. The van der Waals surface area contributed by atoms with Crippen molar-refractivity contribution in [1.29, 1.82) is 0 Å².